The van der Waals surface area contributed by atoms with Gasteiger partial charge in [0.05, 0.1) is 22.4 Å². The lowest BCUT2D eigenvalue weighted by Crippen LogP contribution is -2.08. The highest BCUT2D eigenvalue weighted by Gasteiger charge is 2.11. The summed E-state index contributed by atoms with van der Waals surface area (Å²) >= 11 is 5.89. The summed E-state index contributed by atoms with van der Waals surface area (Å²) in [5, 5.41) is 11.3. The molecule has 7 nitrogen and oxygen atoms in total. The van der Waals surface area contributed by atoms with E-state index in [9.17, 15) is 14.9 Å². The minimum absolute atomic E-state index is 0.0141. The zero-order chi connectivity index (χ0) is 19.7. The van der Waals surface area contributed by atoms with Crippen LogP contribution in [0.5, 0.6) is 5.75 Å². The topological polar surface area (TPSA) is 86.7 Å². The van der Waals surface area contributed by atoms with Crippen LogP contribution in [0.15, 0.2) is 73.1 Å². The maximum absolute atomic E-state index is 12.2. The lowest BCUT2D eigenvalue weighted by molar-refractivity contribution is -0.385. The van der Waals surface area contributed by atoms with E-state index in [0.717, 1.165) is 5.56 Å². The second-order valence-electron chi connectivity index (χ2n) is 5.96. The predicted octanol–water partition coefficient (Wildman–Crippen LogP) is 4.78. The zero-order valence-corrected chi connectivity index (χ0v) is 15.0. The van der Waals surface area contributed by atoms with E-state index in [0.29, 0.717) is 27.7 Å². The van der Waals surface area contributed by atoms with Gasteiger partial charge in [0.2, 0.25) is 0 Å². The van der Waals surface area contributed by atoms with Gasteiger partial charge >= 0.3 is 5.97 Å². The summed E-state index contributed by atoms with van der Waals surface area (Å²) in [5.74, 6) is -0.122. The Kier molecular flexibility index (Phi) is 4.50. The molecule has 2 heterocycles. The van der Waals surface area contributed by atoms with E-state index < -0.39 is 10.9 Å². The number of imidazole rings is 1. The van der Waals surface area contributed by atoms with E-state index in [-0.39, 0.29) is 5.69 Å². The number of carbonyl (C=O) groups is 1. The van der Waals surface area contributed by atoms with Gasteiger partial charge in [-0.05, 0) is 48.5 Å². The summed E-state index contributed by atoms with van der Waals surface area (Å²) in [5.41, 5.74) is 2.37. The number of esters is 1. The molecular weight excluding hydrogens is 382 g/mol. The van der Waals surface area contributed by atoms with Gasteiger partial charge in [-0.2, -0.15) is 0 Å². The van der Waals surface area contributed by atoms with Crippen molar-refractivity contribution in [3.05, 3.63) is 93.8 Å². The monoisotopic (exact) mass is 393 g/mol. The lowest BCUT2D eigenvalue weighted by atomic mass is 10.1. The molecule has 28 heavy (non-hydrogen) atoms. The van der Waals surface area contributed by atoms with Gasteiger partial charge in [-0.3, -0.25) is 14.5 Å². The van der Waals surface area contributed by atoms with Gasteiger partial charge in [-0.1, -0.05) is 17.7 Å². The average molecular weight is 394 g/mol. The Morgan fingerprint density at radius 2 is 1.86 bits per heavy atom. The molecule has 0 spiro atoms. The number of fused-ring (bicyclic) bond motifs is 1. The number of ether oxygens (including phenoxy) is 1. The molecular formula is C20H12ClN3O4. The number of pyridine rings is 1. The molecule has 2 aromatic heterocycles. The number of benzene rings is 2. The normalized spacial score (nSPS) is 10.8. The first-order chi connectivity index (χ1) is 13.5. The molecule has 0 N–H and O–H groups in total. The number of nitrogens with zero attached hydrogens (tertiary/aromatic N) is 3. The Morgan fingerprint density at radius 3 is 2.57 bits per heavy atom. The standard InChI is InChI=1S/C20H12ClN3O4/c21-15-3-1-2-14(10-15)20(25)28-17-7-4-13(5-8-17)18-12-23-11-16(24(26)27)6-9-19(23)22-18/h1-12H. The smallest absolute Gasteiger partial charge is 0.343 e. The highest BCUT2D eigenvalue weighted by Crippen LogP contribution is 2.24. The molecule has 0 aliphatic heterocycles. The van der Waals surface area contributed by atoms with Crippen LogP contribution >= 0.6 is 11.6 Å². The fourth-order valence-electron chi connectivity index (χ4n) is 2.70. The quantitative estimate of drug-likeness (QED) is 0.215. The molecule has 138 valence electrons. The van der Waals surface area contributed by atoms with E-state index in [1.165, 1.54) is 18.3 Å². The minimum Gasteiger partial charge on any atom is -0.423 e. The van der Waals surface area contributed by atoms with Crippen LogP contribution in [-0.2, 0) is 0 Å². The van der Waals surface area contributed by atoms with E-state index in [2.05, 4.69) is 4.98 Å². The first-order valence-corrected chi connectivity index (χ1v) is 8.59. The van der Waals surface area contributed by atoms with Crippen molar-refractivity contribution < 1.29 is 14.5 Å². The van der Waals surface area contributed by atoms with Crippen LogP contribution in [0.1, 0.15) is 10.4 Å². The second-order valence-corrected chi connectivity index (χ2v) is 6.40. The maximum atomic E-state index is 12.2. The highest BCUT2D eigenvalue weighted by molar-refractivity contribution is 6.30. The molecule has 8 heteroatoms. The largest absolute Gasteiger partial charge is 0.423 e. The van der Waals surface area contributed by atoms with Crippen molar-refractivity contribution in [2.75, 3.05) is 0 Å². The van der Waals surface area contributed by atoms with Crippen molar-refractivity contribution >= 4 is 28.9 Å². The van der Waals surface area contributed by atoms with Crippen LogP contribution in [-0.4, -0.2) is 20.3 Å². The molecule has 0 aliphatic rings. The number of carbonyl (C=O) groups excluding carboxylic acids is 1. The van der Waals surface area contributed by atoms with Crippen LogP contribution in [0.25, 0.3) is 16.9 Å². The van der Waals surface area contributed by atoms with Crippen molar-refractivity contribution in [3.63, 3.8) is 0 Å². The van der Waals surface area contributed by atoms with Gasteiger partial charge in [-0.15, -0.1) is 0 Å². The van der Waals surface area contributed by atoms with E-state index >= 15 is 0 Å². The number of hydrogen-bond acceptors (Lipinski definition) is 5. The summed E-state index contributed by atoms with van der Waals surface area (Å²) in [6.07, 6.45) is 3.11. The van der Waals surface area contributed by atoms with Crippen LogP contribution in [0.3, 0.4) is 0 Å². The molecule has 0 amide bonds. The van der Waals surface area contributed by atoms with Crippen molar-refractivity contribution in [1.82, 2.24) is 9.38 Å². The van der Waals surface area contributed by atoms with Gasteiger partial charge in [0, 0.05) is 22.8 Å². The number of aromatic nitrogens is 2. The van der Waals surface area contributed by atoms with Crippen molar-refractivity contribution in [2.24, 2.45) is 0 Å². The summed E-state index contributed by atoms with van der Waals surface area (Å²) in [7, 11) is 0. The van der Waals surface area contributed by atoms with Gasteiger partial charge in [0.25, 0.3) is 5.69 Å². The highest BCUT2D eigenvalue weighted by atomic mass is 35.5. The van der Waals surface area contributed by atoms with Crippen LogP contribution in [0, 0.1) is 10.1 Å². The van der Waals surface area contributed by atoms with Crippen molar-refractivity contribution in [3.8, 4) is 17.0 Å². The summed E-state index contributed by atoms with van der Waals surface area (Å²) < 4.78 is 6.95. The number of hydrogen-bond donors (Lipinski definition) is 0. The average Bonchev–Trinajstić information content (AvgIpc) is 3.11. The summed E-state index contributed by atoms with van der Waals surface area (Å²) in [6.45, 7) is 0. The Balaban J connectivity index is 1.55. The number of halogens is 1. The molecule has 0 atom stereocenters. The second kappa shape index (κ2) is 7.13. The van der Waals surface area contributed by atoms with Crippen LogP contribution in [0.4, 0.5) is 5.69 Å². The van der Waals surface area contributed by atoms with Crippen LogP contribution in [0.2, 0.25) is 5.02 Å². The molecule has 0 saturated heterocycles. The minimum atomic E-state index is -0.504. The van der Waals surface area contributed by atoms with E-state index in [1.807, 2.05) is 0 Å². The first-order valence-electron chi connectivity index (χ1n) is 8.21. The molecule has 0 radical (unpaired) electrons. The molecule has 4 aromatic rings. The van der Waals surface area contributed by atoms with E-state index in [1.54, 1.807) is 59.1 Å². The molecule has 0 saturated carbocycles. The van der Waals surface area contributed by atoms with Crippen molar-refractivity contribution in [2.45, 2.75) is 0 Å². The fourth-order valence-corrected chi connectivity index (χ4v) is 2.89. The molecule has 4 rings (SSSR count). The Bertz CT molecular complexity index is 1200. The lowest BCUT2D eigenvalue weighted by Gasteiger charge is -2.05. The van der Waals surface area contributed by atoms with Crippen molar-refractivity contribution in [1.29, 1.82) is 0 Å². The molecule has 0 bridgehead atoms. The molecule has 0 unspecified atom stereocenters. The third kappa shape index (κ3) is 3.56. The van der Waals surface area contributed by atoms with Gasteiger partial charge in [0.15, 0.2) is 0 Å². The summed E-state index contributed by atoms with van der Waals surface area (Å²) in [4.78, 5) is 27.1. The Hall–Kier alpha value is -3.71. The van der Waals surface area contributed by atoms with Gasteiger partial charge in [0.1, 0.15) is 11.4 Å². The maximum Gasteiger partial charge on any atom is 0.343 e. The number of rotatable bonds is 4. The Labute approximate surface area is 163 Å². The zero-order valence-electron chi connectivity index (χ0n) is 14.3. The predicted molar refractivity (Wildman–Crippen MR) is 104 cm³/mol. The van der Waals surface area contributed by atoms with E-state index in [4.69, 9.17) is 16.3 Å². The first kappa shape index (κ1) is 17.7. The van der Waals surface area contributed by atoms with Gasteiger partial charge < -0.3 is 4.74 Å². The number of nitro groups is 1. The van der Waals surface area contributed by atoms with Gasteiger partial charge in [-0.25, -0.2) is 9.78 Å². The molecule has 0 fully saturated rings. The summed E-state index contributed by atoms with van der Waals surface area (Å²) in [6, 6.07) is 16.3. The molecule has 0 aliphatic carbocycles. The third-order valence-corrected chi connectivity index (χ3v) is 4.30. The van der Waals surface area contributed by atoms with Crippen LogP contribution < -0.4 is 4.74 Å². The Morgan fingerprint density at radius 1 is 1.07 bits per heavy atom. The third-order valence-electron chi connectivity index (χ3n) is 4.07. The SMILES string of the molecule is O=C(Oc1ccc(-c2cn3cc([N+](=O)[O-])ccc3n2)cc1)c1cccc(Cl)c1. The molecule has 2 aromatic carbocycles. The fraction of sp³-hybridized carbons (Fsp3) is 0.